The summed E-state index contributed by atoms with van der Waals surface area (Å²) in [7, 11) is 0. The number of thiophene rings is 1. The molecule has 0 saturated heterocycles. The largest absolute Gasteiger partial charge is 0.481 e. The van der Waals surface area contributed by atoms with E-state index in [1.807, 2.05) is 0 Å². The Balaban J connectivity index is 0.00000684. The van der Waals surface area contributed by atoms with Gasteiger partial charge in [0.15, 0.2) is 11.6 Å². The third-order valence-electron chi connectivity index (χ3n) is 5.91. The number of nitrogens with one attached hydrogen (secondary N) is 2. The minimum atomic E-state index is -1.34. The number of carboxylic acid groups (broad SMARTS) is 2. The van der Waals surface area contributed by atoms with E-state index in [0.29, 0.717) is 17.7 Å². The zero-order chi connectivity index (χ0) is 27.0. The molecule has 1 atom stereocenters. The second-order valence-electron chi connectivity index (χ2n) is 8.18. The van der Waals surface area contributed by atoms with E-state index >= 15 is 0 Å². The van der Waals surface area contributed by atoms with Gasteiger partial charge in [-0.2, -0.15) is 0 Å². The summed E-state index contributed by atoms with van der Waals surface area (Å²) in [5.41, 5.74) is 4.48. The third-order valence-corrected chi connectivity index (χ3v) is 6.97. The van der Waals surface area contributed by atoms with Gasteiger partial charge in [-0.3, -0.25) is 15.0 Å². The summed E-state index contributed by atoms with van der Waals surface area (Å²) >= 11 is 1.06. The topological polar surface area (TPSA) is 180 Å². The van der Waals surface area contributed by atoms with Gasteiger partial charge in [0.25, 0.3) is 0 Å². The van der Waals surface area contributed by atoms with Gasteiger partial charge in [-0.1, -0.05) is 13.8 Å². The number of hydrogen-bond acceptors (Lipinski definition) is 7. The Bertz CT molecular complexity index is 1170. The van der Waals surface area contributed by atoms with Crippen molar-refractivity contribution in [2.24, 2.45) is 11.1 Å². The fourth-order valence-corrected chi connectivity index (χ4v) is 4.58. The van der Waals surface area contributed by atoms with Gasteiger partial charge in [-0.15, -0.1) is 23.7 Å². The molecule has 2 rings (SSSR count). The Morgan fingerprint density at radius 1 is 1.16 bits per heavy atom. The molecule has 0 aliphatic heterocycles. The van der Waals surface area contributed by atoms with E-state index < -0.39 is 47.5 Å². The molecule has 0 unspecified atom stereocenters. The predicted molar refractivity (Wildman–Crippen MR) is 137 cm³/mol. The molecule has 0 radical (unpaired) electrons. The van der Waals surface area contributed by atoms with Crippen molar-refractivity contribution < 1.29 is 38.5 Å². The number of nitrogen functional groups attached to an aromatic ring is 1. The fraction of sp³-hybridized carbons (Fsp3) is 0.375. The molecule has 0 fully saturated rings. The minimum absolute atomic E-state index is 0. The summed E-state index contributed by atoms with van der Waals surface area (Å²) < 4.78 is 19.3. The van der Waals surface area contributed by atoms with Crippen molar-refractivity contribution in [3.63, 3.8) is 0 Å². The zero-order valence-corrected chi connectivity index (χ0v) is 21.8. The van der Waals surface area contributed by atoms with Gasteiger partial charge in [0.2, 0.25) is 5.91 Å². The van der Waals surface area contributed by atoms with Crippen LogP contribution in [0.15, 0.2) is 30.3 Å². The summed E-state index contributed by atoms with van der Waals surface area (Å²) in [4.78, 5) is 48.8. The molecule has 2 aromatic rings. The van der Waals surface area contributed by atoms with E-state index in [1.165, 1.54) is 18.2 Å². The standard InChI is InChI=1S/C24H28FN3O7S.ClH/c1-3-24(4-2,23(34)28-16(21(31)32)7-10-19(29)30)12-14-6-9-18(36-14)22(33)35-17-8-5-13(20(26)27)11-15(17)25;/h5-6,8-9,11,16H,3-4,7,10,12H2,1-2H3,(H3,26,27)(H,28,34)(H,29,30)(H,31,32);1H/t16-;/m0./s1. The quantitative estimate of drug-likeness (QED) is 0.107. The molecule has 13 heteroatoms. The monoisotopic (exact) mass is 557 g/mol. The second-order valence-corrected chi connectivity index (χ2v) is 9.34. The Morgan fingerprint density at radius 2 is 1.81 bits per heavy atom. The van der Waals surface area contributed by atoms with Crippen LogP contribution in [-0.2, 0) is 20.8 Å². The number of carbonyl (C=O) groups is 4. The summed E-state index contributed by atoms with van der Waals surface area (Å²) in [5, 5.41) is 28.0. The summed E-state index contributed by atoms with van der Waals surface area (Å²) in [6.45, 7) is 3.57. The molecule has 1 amide bonds. The van der Waals surface area contributed by atoms with Gasteiger partial charge >= 0.3 is 17.9 Å². The molecule has 0 aliphatic rings. The maximum absolute atomic E-state index is 14.2. The van der Waals surface area contributed by atoms with E-state index in [9.17, 15) is 28.7 Å². The summed E-state index contributed by atoms with van der Waals surface area (Å²) in [5.74, 6) is -5.31. The van der Waals surface area contributed by atoms with Crippen molar-refractivity contribution in [3.8, 4) is 5.75 Å². The Labute approximate surface area is 222 Å². The lowest BCUT2D eigenvalue weighted by Crippen LogP contribution is -2.49. The van der Waals surface area contributed by atoms with Crippen LogP contribution in [0.5, 0.6) is 5.75 Å². The van der Waals surface area contributed by atoms with Crippen molar-refractivity contribution in [2.45, 2.75) is 52.0 Å². The van der Waals surface area contributed by atoms with Crippen LogP contribution in [0.1, 0.15) is 59.6 Å². The number of amidine groups is 1. The maximum Gasteiger partial charge on any atom is 0.353 e. The van der Waals surface area contributed by atoms with Crippen LogP contribution in [-0.4, -0.2) is 45.9 Å². The number of esters is 1. The number of rotatable bonds is 13. The first-order valence-electron chi connectivity index (χ1n) is 11.1. The molecule has 37 heavy (non-hydrogen) atoms. The van der Waals surface area contributed by atoms with E-state index in [4.69, 9.17) is 21.0 Å². The van der Waals surface area contributed by atoms with Crippen LogP contribution in [0, 0.1) is 16.6 Å². The van der Waals surface area contributed by atoms with E-state index in [0.717, 1.165) is 17.4 Å². The van der Waals surface area contributed by atoms with Crippen molar-refractivity contribution >= 4 is 53.4 Å². The second kappa shape index (κ2) is 13.7. The van der Waals surface area contributed by atoms with Crippen molar-refractivity contribution in [3.05, 3.63) is 51.5 Å². The lowest BCUT2D eigenvalue weighted by molar-refractivity contribution is -0.145. The van der Waals surface area contributed by atoms with Crippen molar-refractivity contribution in [1.29, 1.82) is 5.41 Å². The van der Waals surface area contributed by atoms with Crippen LogP contribution >= 0.6 is 23.7 Å². The number of halogens is 2. The highest BCUT2D eigenvalue weighted by Gasteiger charge is 2.38. The van der Waals surface area contributed by atoms with Crippen LogP contribution in [0.3, 0.4) is 0 Å². The van der Waals surface area contributed by atoms with Gasteiger partial charge in [-0.05, 0) is 56.0 Å². The van der Waals surface area contributed by atoms with E-state index in [2.05, 4.69) is 5.32 Å². The molecule has 10 nitrogen and oxygen atoms in total. The van der Waals surface area contributed by atoms with Crippen LogP contribution in [0.4, 0.5) is 4.39 Å². The molecule has 0 saturated carbocycles. The maximum atomic E-state index is 14.2. The normalized spacial score (nSPS) is 11.6. The number of benzene rings is 1. The Hall–Kier alpha value is -3.51. The Morgan fingerprint density at radius 3 is 2.32 bits per heavy atom. The third kappa shape index (κ3) is 8.25. The van der Waals surface area contributed by atoms with Crippen LogP contribution in [0.2, 0.25) is 0 Å². The molecule has 1 aromatic carbocycles. The lowest BCUT2D eigenvalue weighted by atomic mass is 9.77. The number of carbonyl (C=O) groups excluding carboxylic acids is 2. The zero-order valence-electron chi connectivity index (χ0n) is 20.2. The minimum Gasteiger partial charge on any atom is -0.481 e. The molecular formula is C24H29ClFN3O7S. The van der Waals surface area contributed by atoms with Crippen molar-refractivity contribution in [1.82, 2.24) is 5.32 Å². The van der Waals surface area contributed by atoms with Gasteiger partial charge in [-0.25, -0.2) is 14.0 Å². The van der Waals surface area contributed by atoms with E-state index in [-0.39, 0.29) is 47.3 Å². The number of hydrogen-bond donors (Lipinski definition) is 5. The molecule has 0 spiro atoms. The van der Waals surface area contributed by atoms with Gasteiger partial charge < -0.3 is 26.0 Å². The molecule has 6 N–H and O–H groups in total. The van der Waals surface area contributed by atoms with E-state index in [1.54, 1.807) is 19.9 Å². The van der Waals surface area contributed by atoms with Gasteiger partial charge in [0.05, 0.1) is 5.41 Å². The first kappa shape index (κ1) is 31.5. The number of ether oxygens (including phenoxy) is 1. The predicted octanol–water partition coefficient (Wildman–Crippen LogP) is 3.60. The molecule has 202 valence electrons. The highest BCUT2D eigenvalue weighted by atomic mass is 35.5. The number of nitrogens with two attached hydrogens (primary N) is 1. The highest BCUT2D eigenvalue weighted by Crippen LogP contribution is 2.34. The molecular weight excluding hydrogens is 529 g/mol. The lowest BCUT2D eigenvalue weighted by Gasteiger charge is -2.31. The summed E-state index contributed by atoms with van der Waals surface area (Å²) in [6, 6.07) is 5.33. The summed E-state index contributed by atoms with van der Waals surface area (Å²) in [6.07, 6.45) is 0.282. The average molecular weight is 558 g/mol. The van der Waals surface area contributed by atoms with Crippen LogP contribution < -0.4 is 15.8 Å². The molecule has 0 bridgehead atoms. The molecule has 0 aliphatic carbocycles. The smallest absolute Gasteiger partial charge is 0.353 e. The molecule has 1 heterocycles. The number of aliphatic carboxylic acids is 2. The van der Waals surface area contributed by atoms with Crippen LogP contribution in [0.25, 0.3) is 0 Å². The van der Waals surface area contributed by atoms with Gasteiger partial charge in [0.1, 0.15) is 16.8 Å². The fourth-order valence-electron chi connectivity index (χ4n) is 3.56. The first-order chi connectivity index (χ1) is 16.9. The average Bonchev–Trinajstić information content (AvgIpc) is 3.29. The van der Waals surface area contributed by atoms with Crippen molar-refractivity contribution in [2.75, 3.05) is 0 Å². The first-order valence-corrected chi connectivity index (χ1v) is 11.9. The van der Waals surface area contributed by atoms with Gasteiger partial charge in [0, 0.05) is 16.9 Å². The number of carboxylic acids is 2. The number of amides is 1. The Kier molecular flexibility index (Phi) is 11.7. The highest BCUT2D eigenvalue weighted by molar-refractivity contribution is 7.14. The molecule has 1 aromatic heterocycles. The SMILES string of the molecule is CCC(CC)(Cc1ccc(C(=O)Oc2ccc(C(=N)N)cc2F)s1)C(=O)N[C@@H](CCC(=O)O)C(=O)O.Cl.